The van der Waals surface area contributed by atoms with Gasteiger partial charge in [-0.15, -0.1) is 0 Å². The molecule has 1 aliphatic rings. The number of aromatic nitrogens is 2. The van der Waals surface area contributed by atoms with Crippen LogP contribution < -0.4 is 11.2 Å². The maximum atomic E-state index is 12.2. The first-order valence-corrected chi connectivity index (χ1v) is 10.8. The lowest BCUT2D eigenvalue weighted by Gasteiger charge is -2.19. The Balaban J connectivity index is 1.41. The molecule has 3 aromatic rings. The van der Waals surface area contributed by atoms with E-state index in [4.69, 9.17) is 14.2 Å². The summed E-state index contributed by atoms with van der Waals surface area (Å²) in [4.78, 5) is 26.2. The van der Waals surface area contributed by atoms with Crippen molar-refractivity contribution < 1.29 is 14.2 Å². The third-order valence-corrected chi connectivity index (χ3v) is 5.57. The van der Waals surface area contributed by atoms with Crippen molar-refractivity contribution in [1.82, 2.24) is 9.55 Å². The third kappa shape index (κ3) is 5.82. The first-order valence-electron chi connectivity index (χ1n) is 10.8. The van der Waals surface area contributed by atoms with Gasteiger partial charge in [0, 0.05) is 18.2 Å². The number of benzene rings is 2. The van der Waals surface area contributed by atoms with Crippen molar-refractivity contribution in [3.63, 3.8) is 0 Å². The highest BCUT2D eigenvalue weighted by Crippen LogP contribution is 2.26. The summed E-state index contributed by atoms with van der Waals surface area (Å²) in [5.74, 6) is 0. The Morgan fingerprint density at radius 1 is 1.00 bits per heavy atom. The Morgan fingerprint density at radius 3 is 2.34 bits per heavy atom. The lowest BCUT2D eigenvalue weighted by atomic mass is 10.1. The molecule has 4 rings (SSSR count). The fourth-order valence-electron chi connectivity index (χ4n) is 3.86. The van der Waals surface area contributed by atoms with Gasteiger partial charge in [0.25, 0.3) is 5.56 Å². The van der Waals surface area contributed by atoms with Gasteiger partial charge < -0.3 is 14.2 Å². The molecule has 2 heterocycles. The van der Waals surface area contributed by atoms with Crippen LogP contribution >= 0.6 is 0 Å². The summed E-state index contributed by atoms with van der Waals surface area (Å²) in [5, 5.41) is 0. The lowest BCUT2D eigenvalue weighted by molar-refractivity contribution is -0.0728. The number of aryl methyl sites for hydroxylation is 1. The van der Waals surface area contributed by atoms with Crippen LogP contribution in [0.3, 0.4) is 0 Å². The Morgan fingerprint density at radius 2 is 1.66 bits per heavy atom. The largest absolute Gasteiger partial charge is 0.374 e. The highest BCUT2D eigenvalue weighted by Gasteiger charge is 2.36. The highest BCUT2D eigenvalue weighted by atomic mass is 16.6. The van der Waals surface area contributed by atoms with Gasteiger partial charge in [-0.05, 0) is 18.1 Å². The quantitative estimate of drug-likeness (QED) is 0.558. The molecule has 0 amide bonds. The van der Waals surface area contributed by atoms with Crippen LogP contribution in [0, 0.1) is 6.92 Å². The molecule has 32 heavy (non-hydrogen) atoms. The summed E-state index contributed by atoms with van der Waals surface area (Å²) in [6, 6.07) is 20.0. The van der Waals surface area contributed by atoms with E-state index in [9.17, 15) is 9.59 Å². The van der Waals surface area contributed by atoms with Gasteiger partial charge in [-0.1, -0.05) is 60.7 Å². The molecule has 1 aromatic heterocycles. The van der Waals surface area contributed by atoms with E-state index < -0.39 is 5.69 Å². The standard InChI is InChI=1S/C25H28N2O5/c1-18-13-27(25(29)26-24(18)28)14-21-12-22(31-16-20-10-6-3-7-11-20)23(32-21)17-30-15-19-8-4-2-5-9-19/h2-11,13,21-23H,12,14-17H2,1H3,(H,26,28,29)/t21-,22+,23-/m1/s1. The molecular formula is C25H28N2O5. The van der Waals surface area contributed by atoms with Crippen molar-refractivity contribution in [2.75, 3.05) is 6.61 Å². The van der Waals surface area contributed by atoms with Crippen LogP contribution in [-0.4, -0.2) is 34.5 Å². The number of hydrogen-bond donors (Lipinski definition) is 1. The second-order valence-corrected chi connectivity index (χ2v) is 8.09. The van der Waals surface area contributed by atoms with Gasteiger partial charge in [0.15, 0.2) is 0 Å². The summed E-state index contributed by atoms with van der Waals surface area (Å²) in [5.41, 5.74) is 1.87. The molecule has 168 valence electrons. The average molecular weight is 437 g/mol. The molecule has 1 fully saturated rings. The van der Waals surface area contributed by atoms with Gasteiger partial charge in [-0.2, -0.15) is 0 Å². The predicted molar refractivity (Wildman–Crippen MR) is 120 cm³/mol. The zero-order valence-corrected chi connectivity index (χ0v) is 18.1. The van der Waals surface area contributed by atoms with Crippen LogP contribution in [0.4, 0.5) is 0 Å². The van der Waals surface area contributed by atoms with E-state index in [-0.39, 0.29) is 23.9 Å². The van der Waals surface area contributed by atoms with E-state index in [0.717, 1.165) is 11.1 Å². The molecule has 1 N–H and O–H groups in total. The Kier molecular flexibility index (Phi) is 7.32. The molecular weight excluding hydrogens is 408 g/mol. The minimum absolute atomic E-state index is 0.157. The molecule has 0 bridgehead atoms. The number of rotatable bonds is 9. The topological polar surface area (TPSA) is 82.6 Å². The molecule has 1 aliphatic heterocycles. The van der Waals surface area contributed by atoms with Crippen LogP contribution in [0.2, 0.25) is 0 Å². The van der Waals surface area contributed by atoms with Crippen LogP contribution in [0.1, 0.15) is 23.1 Å². The SMILES string of the molecule is Cc1cn(C[C@H]2C[C@H](OCc3ccccc3)[C@@H](COCc3ccccc3)O2)c(=O)[nH]c1=O. The van der Waals surface area contributed by atoms with Crippen molar-refractivity contribution >= 4 is 0 Å². The molecule has 3 atom stereocenters. The Hall–Kier alpha value is -3.00. The van der Waals surface area contributed by atoms with E-state index in [1.165, 1.54) is 4.57 Å². The number of hydrogen-bond acceptors (Lipinski definition) is 5. The van der Waals surface area contributed by atoms with Crippen molar-refractivity contribution in [2.45, 2.75) is 51.4 Å². The molecule has 1 saturated heterocycles. The minimum atomic E-state index is -0.435. The highest BCUT2D eigenvalue weighted by molar-refractivity contribution is 5.14. The maximum Gasteiger partial charge on any atom is 0.328 e. The number of nitrogens with one attached hydrogen (secondary N) is 1. The fourth-order valence-corrected chi connectivity index (χ4v) is 3.86. The van der Waals surface area contributed by atoms with E-state index in [1.807, 2.05) is 60.7 Å². The van der Waals surface area contributed by atoms with Crippen LogP contribution in [0.25, 0.3) is 0 Å². The summed E-state index contributed by atoms with van der Waals surface area (Å²) in [7, 11) is 0. The van der Waals surface area contributed by atoms with Crippen molar-refractivity contribution in [2.24, 2.45) is 0 Å². The monoisotopic (exact) mass is 436 g/mol. The molecule has 2 aromatic carbocycles. The number of H-pyrrole nitrogens is 1. The number of ether oxygens (including phenoxy) is 3. The number of nitrogens with zero attached hydrogens (tertiary/aromatic N) is 1. The van der Waals surface area contributed by atoms with Gasteiger partial charge >= 0.3 is 5.69 Å². The number of aromatic amines is 1. The van der Waals surface area contributed by atoms with E-state index >= 15 is 0 Å². The van der Waals surface area contributed by atoms with Crippen molar-refractivity contribution in [1.29, 1.82) is 0 Å². The normalized spacial score (nSPS) is 20.5. The molecule has 0 unspecified atom stereocenters. The van der Waals surface area contributed by atoms with Crippen LogP contribution in [-0.2, 0) is 34.0 Å². The second-order valence-electron chi connectivity index (χ2n) is 8.09. The van der Waals surface area contributed by atoms with Gasteiger partial charge in [-0.25, -0.2) is 4.79 Å². The molecule has 0 saturated carbocycles. The first kappa shape index (κ1) is 22.2. The predicted octanol–water partition coefficient (Wildman–Crippen LogP) is 2.80. The molecule has 0 spiro atoms. The van der Waals surface area contributed by atoms with E-state index in [1.54, 1.807) is 13.1 Å². The fraction of sp³-hybridized carbons (Fsp3) is 0.360. The molecule has 0 radical (unpaired) electrons. The smallest absolute Gasteiger partial charge is 0.328 e. The molecule has 7 heteroatoms. The first-order chi connectivity index (χ1) is 15.6. The summed E-state index contributed by atoms with van der Waals surface area (Å²) >= 11 is 0. The van der Waals surface area contributed by atoms with Gasteiger partial charge in [0.2, 0.25) is 0 Å². The maximum absolute atomic E-state index is 12.2. The van der Waals surface area contributed by atoms with Gasteiger partial charge in [0.05, 0.1) is 38.6 Å². The van der Waals surface area contributed by atoms with Crippen molar-refractivity contribution in [3.05, 3.63) is 104 Å². The van der Waals surface area contributed by atoms with Crippen LogP contribution in [0.15, 0.2) is 76.4 Å². The minimum Gasteiger partial charge on any atom is -0.374 e. The third-order valence-electron chi connectivity index (χ3n) is 5.57. The zero-order valence-electron chi connectivity index (χ0n) is 18.1. The summed E-state index contributed by atoms with van der Waals surface area (Å²) < 4.78 is 19.8. The summed E-state index contributed by atoms with van der Waals surface area (Å²) in [6.45, 7) is 3.39. The molecule has 0 aliphatic carbocycles. The van der Waals surface area contributed by atoms with E-state index in [2.05, 4.69) is 4.98 Å². The Bertz CT molecular complexity index is 1110. The lowest BCUT2D eigenvalue weighted by Crippen LogP contribution is -2.34. The van der Waals surface area contributed by atoms with Crippen LogP contribution in [0.5, 0.6) is 0 Å². The van der Waals surface area contributed by atoms with E-state index in [0.29, 0.717) is 38.3 Å². The Labute approximate surface area is 186 Å². The molecule has 7 nitrogen and oxygen atoms in total. The van der Waals surface area contributed by atoms with Gasteiger partial charge in [-0.3, -0.25) is 14.3 Å². The average Bonchev–Trinajstić information content (AvgIpc) is 3.19. The summed E-state index contributed by atoms with van der Waals surface area (Å²) in [6.07, 6.45) is 1.59. The van der Waals surface area contributed by atoms with Gasteiger partial charge in [0.1, 0.15) is 6.10 Å². The van der Waals surface area contributed by atoms with Crippen molar-refractivity contribution in [3.8, 4) is 0 Å². The zero-order chi connectivity index (χ0) is 22.3. The second kappa shape index (κ2) is 10.5.